The monoisotopic (exact) mass is 377 g/mol. The molecule has 1 heterocycles. The molecule has 0 spiro atoms. The largest absolute Gasteiger partial charge is 0.345 e. The topological polar surface area (TPSA) is 69.7 Å². The van der Waals surface area contributed by atoms with Crippen molar-refractivity contribution in [2.75, 3.05) is 30.9 Å². The van der Waals surface area contributed by atoms with E-state index in [0.29, 0.717) is 17.8 Å². The van der Waals surface area contributed by atoms with Gasteiger partial charge in [0.15, 0.2) is 0 Å². The number of carbonyl (C=O) groups is 3. The smallest absolute Gasteiger partial charge is 0.253 e. The van der Waals surface area contributed by atoms with E-state index in [9.17, 15) is 14.4 Å². The van der Waals surface area contributed by atoms with Crippen LogP contribution in [-0.2, 0) is 22.4 Å². The summed E-state index contributed by atoms with van der Waals surface area (Å²) in [6, 6.07) is 12.7. The van der Waals surface area contributed by atoms with Crippen LogP contribution in [0.5, 0.6) is 0 Å². The number of fused-ring (bicyclic) bond motifs is 1. The van der Waals surface area contributed by atoms with Gasteiger partial charge in [0, 0.05) is 37.6 Å². The second kappa shape index (κ2) is 8.08. The van der Waals surface area contributed by atoms with Gasteiger partial charge in [0.25, 0.3) is 5.91 Å². The number of carbonyl (C=O) groups excluding carboxylic acids is 3. The Hall–Kier alpha value is -3.41. The highest BCUT2D eigenvalue weighted by Crippen LogP contribution is 2.30. The molecule has 144 valence electrons. The molecule has 6 heteroatoms. The van der Waals surface area contributed by atoms with Crippen LogP contribution in [0.25, 0.3) is 0 Å². The van der Waals surface area contributed by atoms with Gasteiger partial charge in [-0.1, -0.05) is 18.7 Å². The van der Waals surface area contributed by atoms with Crippen molar-refractivity contribution in [2.24, 2.45) is 0 Å². The number of hydrogen-bond acceptors (Lipinski definition) is 3. The number of nitrogens with one attached hydrogen (secondary N) is 1. The molecule has 0 unspecified atom stereocenters. The summed E-state index contributed by atoms with van der Waals surface area (Å²) in [4.78, 5) is 39.5. The summed E-state index contributed by atoms with van der Waals surface area (Å²) in [5, 5.41) is 2.68. The zero-order valence-electron chi connectivity index (χ0n) is 16.1. The molecule has 1 aliphatic rings. The maximum atomic E-state index is 12.8. The molecule has 0 saturated heterocycles. The van der Waals surface area contributed by atoms with Crippen LogP contribution in [0, 0.1) is 0 Å². The molecular formula is C22H23N3O3. The van der Waals surface area contributed by atoms with Crippen LogP contribution < -0.4 is 10.2 Å². The third kappa shape index (κ3) is 4.11. The quantitative estimate of drug-likeness (QED) is 0.815. The highest BCUT2D eigenvalue weighted by Gasteiger charge is 2.25. The number of nitrogens with zero attached hydrogens (tertiary/aromatic N) is 2. The fraction of sp³-hybridized carbons (Fsp3) is 0.227. The van der Waals surface area contributed by atoms with Gasteiger partial charge >= 0.3 is 0 Å². The van der Waals surface area contributed by atoms with E-state index in [-0.39, 0.29) is 24.1 Å². The summed E-state index contributed by atoms with van der Waals surface area (Å²) in [5.74, 6) is -0.311. The average Bonchev–Trinajstić information content (AvgIpc) is 3.12. The van der Waals surface area contributed by atoms with Crippen molar-refractivity contribution in [1.29, 1.82) is 0 Å². The van der Waals surface area contributed by atoms with Crippen molar-refractivity contribution < 1.29 is 14.4 Å². The first kappa shape index (κ1) is 19.4. The van der Waals surface area contributed by atoms with Gasteiger partial charge in [-0.15, -0.1) is 0 Å². The standard InChI is InChI=1S/C22H23N3O3/c1-4-20(26)23-18-8-5-15(6-9-18)13-21(27)25-12-11-16-14-17(7-10-19(16)25)22(28)24(2)3/h4-10,14H,1,11-13H2,2-3H3,(H,23,26). The van der Waals surface area contributed by atoms with Crippen molar-refractivity contribution in [3.63, 3.8) is 0 Å². The van der Waals surface area contributed by atoms with E-state index in [2.05, 4.69) is 11.9 Å². The third-order valence-electron chi connectivity index (χ3n) is 4.69. The fourth-order valence-electron chi connectivity index (χ4n) is 3.22. The van der Waals surface area contributed by atoms with Crippen LogP contribution in [0.1, 0.15) is 21.5 Å². The Labute approximate surface area is 164 Å². The highest BCUT2D eigenvalue weighted by molar-refractivity contribution is 6.00. The number of benzene rings is 2. The van der Waals surface area contributed by atoms with Crippen molar-refractivity contribution in [1.82, 2.24) is 4.90 Å². The Morgan fingerprint density at radius 3 is 2.50 bits per heavy atom. The van der Waals surface area contributed by atoms with Crippen LogP contribution in [0.4, 0.5) is 11.4 Å². The maximum absolute atomic E-state index is 12.8. The summed E-state index contributed by atoms with van der Waals surface area (Å²) in [5.41, 5.74) is 4.05. The Kier molecular flexibility index (Phi) is 5.59. The summed E-state index contributed by atoms with van der Waals surface area (Å²) in [6.45, 7) is 4.03. The first-order valence-corrected chi connectivity index (χ1v) is 9.06. The minimum Gasteiger partial charge on any atom is -0.345 e. The van der Waals surface area contributed by atoms with Crippen molar-refractivity contribution in [2.45, 2.75) is 12.8 Å². The molecule has 0 saturated carbocycles. The second-order valence-corrected chi connectivity index (χ2v) is 6.91. The predicted octanol–water partition coefficient (Wildman–Crippen LogP) is 2.64. The van der Waals surface area contributed by atoms with E-state index < -0.39 is 0 Å². The van der Waals surface area contributed by atoms with Gasteiger partial charge in [0.2, 0.25) is 11.8 Å². The molecule has 6 nitrogen and oxygen atoms in total. The van der Waals surface area contributed by atoms with Gasteiger partial charge in [0.1, 0.15) is 0 Å². The average molecular weight is 377 g/mol. The molecule has 1 N–H and O–H groups in total. The van der Waals surface area contributed by atoms with E-state index in [4.69, 9.17) is 0 Å². The number of rotatable bonds is 5. The van der Waals surface area contributed by atoms with Gasteiger partial charge in [-0.05, 0) is 54.0 Å². The molecule has 0 radical (unpaired) electrons. The first-order valence-electron chi connectivity index (χ1n) is 9.06. The highest BCUT2D eigenvalue weighted by atomic mass is 16.2. The molecule has 3 rings (SSSR count). The minimum atomic E-state index is -0.274. The van der Waals surface area contributed by atoms with Crippen LogP contribution in [0.2, 0.25) is 0 Å². The van der Waals surface area contributed by atoms with Crippen molar-refractivity contribution in [3.8, 4) is 0 Å². The van der Waals surface area contributed by atoms with Gasteiger partial charge < -0.3 is 15.1 Å². The van der Waals surface area contributed by atoms with Gasteiger partial charge in [-0.25, -0.2) is 0 Å². The maximum Gasteiger partial charge on any atom is 0.253 e. The van der Waals surface area contributed by atoms with Crippen LogP contribution in [-0.4, -0.2) is 43.3 Å². The molecule has 2 aromatic rings. The lowest BCUT2D eigenvalue weighted by Gasteiger charge is -2.18. The molecule has 28 heavy (non-hydrogen) atoms. The first-order chi connectivity index (χ1) is 13.4. The number of anilines is 2. The molecule has 0 bridgehead atoms. The molecular weight excluding hydrogens is 354 g/mol. The molecule has 1 aliphatic heterocycles. The lowest BCUT2D eigenvalue weighted by Crippen LogP contribution is -2.30. The van der Waals surface area contributed by atoms with Crippen LogP contribution >= 0.6 is 0 Å². The Balaban J connectivity index is 1.69. The van der Waals surface area contributed by atoms with Crippen LogP contribution in [0.15, 0.2) is 55.1 Å². The van der Waals surface area contributed by atoms with E-state index in [1.54, 1.807) is 42.1 Å². The molecule has 0 atom stereocenters. The van der Waals surface area contributed by atoms with Crippen LogP contribution in [0.3, 0.4) is 0 Å². The van der Waals surface area contributed by atoms with E-state index >= 15 is 0 Å². The number of amides is 3. The number of hydrogen-bond donors (Lipinski definition) is 1. The normalized spacial score (nSPS) is 12.3. The lowest BCUT2D eigenvalue weighted by molar-refractivity contribution is -0.118. The Bertz CT molecular complexity index is 933. The predicted molar refractivity (Wildman–Crippen MR) is 109 cm³/mol. The fourth-order valence-corrected chi connectivity index (χ4v) is 3.22. The molecule has 3 amide bonds. The summed E-state index contributed by atoms with van der Waals surface area (Å²) < 4.78 is 0. The lowest BCUT2D eigenvalue weighted by atomic mass is 10.1. The Morgan fingerprint density at radius 1 is 1.14 bits per heavy atom. The van der Waals surface area contributed by atoms with E-state index in [1.165, 1.54) is 6.08 Å². The summed E-state index contributed by atoms with van der Waals surface area (Å²) in [7, 11) is 3.44. The zero-order chi connectivity index (χ0) is 20.3. The van der Waals surface area contributed by atoms with Gasteiger partial charge in [0.05, 0.1) is 6.42 Å². The summed E-state index contributed by atoms with van der Waals surface area (Å²) >= 11 is 0. The third-order valence-corrected chi connectivity index (χ3v) is 4.69. The molecule has 2 aromatic carbocycles. The Morgan fingerprint density at radius 2 is 1.86 bits per heavy atom. The van der Waals surface area contributed by atoms with Crippen molar-refractivity contribution >= 4 is 29.1 Å². The molecule has 0 aromatic heterocycles. The summed E-state index contributed by atoms with van der Waals surface area (Å²) in [6.07, 6.45) is 2.22. The molecule has 0 aliphatic carbocycles. The zero-order valence-corrected chi connectivity index (χ0v) is 16.1. The van der Waals surface area contributed by atoms with E-state index in [1.807, 2.05) is 24.3 Å². The second-order valence-electron chi connectivity index (χ2n) is 6.91. The minimum absolute atomic E-state index is 0.00770. The molecule has 0 fully saturated rings. The SMILES string of the molecule is C=CC(=O)Nc1ccc(CC(=O)N2CCc3cc(C(=O)N(C)C)ccc32)cc1. The van der Waals surface area contributed by atoms with Gasteiger partial charge in [-0.2, -0.15) is 0 Å². The van der Waals surface area contributed by atoms with E-state index in [0.717, 1.165) is 23.2 Å². The van der Waals surface area contributed by atoms with Crippen molar-refractivity contribution in [3.05, 3.63) is 71.8 Å². The van der Waals surface area contributed by atoms with Gasteiger partial charge in [-0.3, -0.25) is 14.4 Å².